The van der Waals surface area contributed by atoms with E-state index in [4.69, 9.17) is 10.8 Å². The Morgan fingerprint density at radius 1 is 1.38 bits per heavy atom. The number of nitrogen functional groups attached to an aromatic ring is 1. The molecule has 5 nitrogen and oxygen atoms in total. The van der Waals surface area contributed by atoms with Gasteiger partial charge in [0.2, 0.25) is 0 Å². The molecule has 0 saturated carbocycles. The number of aliphatic carboxylic acids is 1. The molecule has 5 heteroatoms. The van der Waals surface area contributed by atoms with Gasteiger partial charge in [-0.25, -0.2) is 0 Å². The van der Waals surface area contributed by atoms with Gasteiger partial charge >= 0.3 is 5.97 Å². The minimum atomic E-state index is -0.930. The number of carbonyl (C=O) groups excluding carboxylic acids is 1. The molecule has 0 radical (unpaired) electrons. The Morgan fingerprint density at radius 2 is 2.00 bits per heavy atom. The number of rotatable bonds is 4. The molecule has 0 fully saturated rings. The zero-order valence-electron chi connectivity index (χ0n) is 9.01. The van der Waals surface area contributed by atoms with E-state index >= 15 is 0 Å². The van der Waals surface area contributed by atoms with Gasteiger partial charge in [-0.3, -0.25) is 9.59 Å². The van der Waals surface area contributed by atoms with Gasteiger partial charge in [-0.2, -0.15) is 0 Å². The second kappa shape index (κ2) is 5.16. The molecule has 0 atom stereocenters. The Balaban J connectivity index is 2.71. The van der Waals surface area contributed by atoms with Crippen molar-refractivity contribution in [3.05, 3.63) is 29.8 Å². The first-order valence-corrected chi connectivity index (χ1v) is 4.84. The highest BCUT2D eigenvalue weighted by atomic mass is 16.4. The Kier molecular flexibility index (Phi) is 3.88. The summed E-state index contributed by atoms with van der Waals surface area (Å²) in [5, 5.41) is 8.51. The van der Waals surface area contributed by atoms with Gasteiger partial charge in [0.05, 0.1) is 12.0 Å². The Labute approximate surface area is 93.5 Å². The fourth-order valence-corrected chi connectivity index (χ4v) is 1.26. The number of carboxylic acids is 1. The van der Waals surface area contributed by atoms with Crippen LogP contribution in [0.1, 0.15) is 16.8 Å². The van der Waals surface area contributed by atoms with Crippen LogP contribution in [-0.2, 0) is 4.79 Å². The molecule has 0 aromatic heterocycles. The smallest absolute Gasteiger partial charge is 0.305 e. The minimum absolute atomic E-state index is 0.0744. The molecular weight excluding hydrogens is 208 g/mol. The first-order chi connectivity index (χ1) is 7.52. The second-order valence-electron chi connectivity index (χ2n) is 3.46. The van der Waals surface area contributed by atoms with E-state index in [1.807, 2.05) is 0 Å². The van der Waals surface area contributed by atoms with Crippen molar-refractivity contribution in [1.29, 1.82) is 0 Å². The fourth-order valence-electron chi connectivity index (χ4n) is 1.26. The number of anilines is 1. The van der Waals surface area contributed by atoms with Crippen LogP contribution in [-0.4, -0.2) is 35.5 Å². The number of hydrogen-bond donors (Lipinski definition) is 2. The van der Waals surface area contributed by atoms with Crippen LogP contribution in [0, 0.1) is 0 Å². The predicted molar refractivity (Wildman–Crippen MR) is 60.1 cm³/mol. The van der Waals surface area contributed by atoms with E-state index in [0.717, 1.165) is 0 Å². The van der Waals surface area contributed by atoms with Crippen molar-refractivity contribution in [1.82, 2.24) is 4.90 Å². The van der Waals surface area contributed by atoms with E-state index in [1.165, 1.54) is 4.90 Å². The molecule has 0 unspecified atom stereocenters. The molecule has 1 amide bonds. The second-order valence-corrected chi connectivity index (χ2v) is 3.46. The molecule has 0 aliphatic heterocycles. The number of carbonyl (C=O) groups is 2. The predicted octanol–water partition coefficient (Wildman–Crippen LogP) is 0.815. The number of para-hydroxylation sites is 1. The lowest BCUT2D eigenvalue weighted by molar-refractivity contribution is -0.137. The van der Waals surface area contributed by atoms with E-state index in [-0.39, 0.29) is 18.9 Å². The maximum atomic E-state index is 11.8. The third-order valence-electron chi connectivity index (χ3n) is 2.20. The third kappa shape index (κ3) is 2.98. The molecular formula is C11H14N2O3. The molecule has 0 bridgehead atoms. The lowest BCUT2D eigenvalue weighted by Crippen LogP contribution is -2.29. The summed E-state index contributed by atoms with van der Waals surface area (Å²) in [6.07, 6.45) is -0.0744. The lowest BCUT2D eigenvalue weighted by atomic mass is 10.1. The van der Waals surface area contributed by atoms with Crippen LogP contribution in [0.3, 0.4) is 0 Å². The molecule has 0 saturated heterocycles. The van der Waals surface area contributed by atoms with Gasteiger partial charge in [0.25, 0.3) is 5.91 Å². The quantitative estimate of drug-likeness (QED) is 0.738. The standard InChI is InChI=1S/C11H14N2O3/c1-13(7-6-10(14)15)11(16)8-4-2-3-5-9(8)12/h2-5H,6-7,12H2,1H3,(H,14,15). The number of amides is 1. The molecule has 0 aliphatic rings. The largest absolute Gasteiger partial charge is 0.481 e. The van der Waals surface area contributed by atoms with Crippen LogP contribution in [0.15, 0.2) is 24.3 Å². The highest BCUT2D eigenvalue weighted by Gasteiger charge is 2.14. The highest BCUT2D eigenvalue weighted by Crippen LogP contribution is 2.12. The first-order valence-electron chi connectivity index (χ1n) is 4.84. The fraction of sp³-hybridized carbons (Fsp3) is 0.273. The van der Waals surface area contributed by atoms with Gasteiger partial charge in [0.1, 0.15) is 0 Å². The number of nitrogens with zero attached hydrogens (tertiary/aromatic N) is 1. The average Bonchev–Trinajstić information content (AvgIpc) is 2.25. The summed E-state index contributed by atoms with van der Waals surface area (Å²) in [5.74, 6) is -1.19. The van der Waals surface area contributed by atoms with Gasteiger partial charge in [-0.15, -0.1) is 0 Å². The summed E-state index contributed by atoms with van der Waals surface area (Å²) < 4.78 is 0. The van der Waals surface area contributed by atoms with Crippen molar-refractivity contribution in [3.8, 4) is 0 Å². The van der Waals surface area contributed by atoms with Crippen molar-refractivity contribution in [2.45, 2.75) is 6.42 Å². The maximum absolute atomic E-state index is 11.8. The number of hydrogen-bond acceptors (Lipinski definition) is 3. The summed E-state index contributed by atoms with van der Waals surface area (Å²) in [7, 11) is 1.55. The number of nitrogens with two attached hydrogens (primary N) is 1. The normalized spacial score (nSPS) is 9.81. The van der Waals surface area contributed by atoms with Gasteiger partial charge < -0.3 is 15.7 Å². The number of benzene rings is 1. The molecule has 1 aromatic rings. The van der Waals surface area contributed by atoms with E-state index < -0.39 is 5.97 Å². The summed E-state index contributed by atoms with van der Waals surface area (Å²) in [6, 6.07) is 6.71. The van der Waals surface area contributed by atoms with E-state index in [0.29, 0.717) is 11.3 Å². The van der Waals surface area contributed by atoms with Gasteiger partial charge in [0.15, 0.2) is 0 Å². The van der Waals surface area contributed by atoms with Crippen molar-refractivity contribution in [2.75, 3.05) is 19.3 Å². The average molecular weight is 222 g/mol. The summed E-state index contributed by atoms with van der Waals surface area (Å²) in [6.45, 7) is 0.169. The van der Waals surface area contributed by atoms with Crippen LogP contribution in [0.2, 0.25) is 0 Å². The maximum Gasteiger partial charge on any atom is 0.305 e. The zero-order chi connectivity index (χ0) is 12.1. The minimum Gasteiger partial charge on any atom is -0.481 e. The van der Waals surface area contributed by atoms with Crippen molar-refractivity contribution in [3.63, 3.8) is 0 Å². The molecule has 0 aliphatic carbocycles. The third-order valence-corrected chi connectivity index (χ3v) is 2.20. The molecule has 0 heterocycles. The molecule has 3 N–H and O–H groups in total. The van der Waals surface area contributed by atoms with Gasteiger partial charge in [0, 0.05) is 19.3 Å². The Morgan fingerprint density at radius 3 is 2.56 bits per heavy atom. The van der Waals surface area contributed by atoms with Crippen LogP contribution < -0.4 is 5.73 Å². The van der Waals surface area contributed by atoms with Crippen LogP contribution in [0.4, 0.5) is 5.69 Å². The zero-order valence-corrected chi connectivity index (χ0v) is 9.01. The molecule has 0 spiro atoms. The van der Waals surface area contributed by atoms with Gasteiger partial charge in [-0.05, 0) is 12.1 Å². The summed E-state index contributed by atoms with van der Waals surface area (Å²) >= 11 is 0. The molecule has 1 aromatic carbocycles. The van der Waals surface area contributed by atoms with Crippen LogP contribution in [0.25, 0.3) is 0 Å². The monoisotopic (exact) mass is 222 g/mol. The number of carboxylic acid groups (broad SMARTS) is 1. The molecule has 86 valence electrons. The summed E-state index contributed by atoms with van der Waals surface area (Å²) in [5.41, 5.74) is 6.45. The van der Waals surface area contributed by atoms with Crippen molar-refractivity contribution >= 4 is 17.6 Å². The SMILES string of the molecule is CN(CCC(=O)O)C(=O)c1ccccc1N. The van der Waals surface area contributed by atoms with E-state index in [9.17, 15) is 9.59 Å². The Hall–Kier alpha value is -2.04. The first kappa shape index (κ1) is 12.0. The van der Waals surface area contributed by atoms with E-state index in [1.54, 1.807) is 31.3 Å². The van der Waals surface area contributed by atoms with Crippen LogP contribution >= 0.6 is 0 Å². The highest BCUT2D eigenvalue weighted by molar-refractivity contribution is 5.99. The van der Waals surface area contributed by atoms with Crippen molar-refractivity contribution in [2.24, 2.45) is 0 Å². The lowest BCUT2D eigenvalue weighted by Gasteiger charge is -2.16. The summed E-state index contributed by atoms with van der Waals surface area (Å²) in [4.78, 5) is 23.5. The Bertz CT molecular complexity index is 404. The van der Waals surface area contributed by atoms with Crippen molar-refractivity contribution < 1.29 is 14.7 Å². The molecule has 16 heavy (non-hydrogen) atoms. The molecule has 1 rings (SSSR count). The van der Waals surface area contributed by atoms with Crippen LogP contribution in [0.5, 0.6) is 0 Å². The topological polar surface area (TPSA) is 83.6 Å². The van der Waals surface area contributed by atoms with E-state index in [2.05, 4.69) is 0 Å². The van der Waals surface area contributed by atoms with Gasteiger partial charge in [-0.1, -0.05) is 12.1 Å².